The molecule has 0 bridgehead atoms. The van der Waals surface area contributed by atoms with E-state index in [0.717, 1.165) is 19.0 Å². The van der Waals surface area contributed by atoms with Crippen molar-refractivity contribution < 1.29 is 23.1 Å². The second kappa shape index (κ2) is 8.75. The van der Waals surface area contributed by atoms with Crippen molar-refractivity contribution in [3.05, 3.63) is 18.0 Å². The van der Waals surface area contributed by atoms with Crippen molar-refractivity contribution in [2.24, 2.45) is 0 Å². The Balaban J connectivity index is 1.46. The van der Waals surface area contributed by atoms with Gasteiger partial charge in [-0.3, -0.25) is 14.5 Å². The Morgan fingerprint density at radius 1 is 1.30 bits per heavy atom. The summed E-state index contributed by atoms with van der Waals surface area (Å²) in [6.45, 7) is 0.0705. The van der Waals surface area contributed by atoms with E-state index in [9.17, 15) is 18.4 Å². The van der Waals surface area contributed by atoms with Gasteiger partial charge in [-0.2, -0.15) is 13.9 Å². The summed E-state index contributed by atoms with van der Waals surface area (Å²) < 4.78 is 30.8. The van der Waals surface area contributed by atoms with Crippen LogP contribution in [0.25, 0.3) is 0 Å². The van der Waals surface area contributed by atoms with Gasteiger partial charge in [0.25, 0.3) is 5.91 Å². The number of halogens is 2. The summed E-state index contributed by atoms with van der Waals surface area (Å²) in [7, 11) is 1.95. The number of likely N-dealkylation sites (tertiary alicyclic amines) is 1. The number of carbonyl (C=O) groups excluding carboxylic acids is 2. The van der Waals surface area contributed by atoms with E-state index in [4.69, 9.17) is 4.74 Å². The second-order valence-electron chi connectivity index (χ2n) is 6.92. The highest BCUT2D eigenvalue weighted by Crippen LogP contribution is 2.25. The Kier molecular flexibility index (Phi) is 6.38. The Morgan fingerprint density at radius 3 is 2.67 bits per heavy atom. The monoisotopic (exact) mass is 385 g/mol. The summed E-state index contributed by atoms with van der Waals surface area (Å²) in [5, 5.41) is 6.31. The van der Waals surface area contributed by atoms with Gasteiger partial charge in [0, 0.05) is 44.3 Å². The van der Waals surface area contributed by atoms with E-state index < -0.39 is 12.5 Å². The van der Waals surface area contributed by atoms with Gasteiger partial charge in [-0.05, 0) is 26.0 Å². The van der Waals surface area contributed by atoms with E-state index >= 15 is 0 Å². The summed E-state index contributed by atoms with van der Waals surface area (Å²) >= 11 is 0. The van der Waals surface area contributed by atoms with Crippen molar-refractivity contribution in [3.63, 3.8) is 0 Å². The van der Waals surface area contributed by atoms with E-state index in [-0.39, 0.29) is 23.7 Å². The number of rotatable bonds is 6. The van der Waals surface area contributed by atoms with Gasteiger partial charge < -0.3 is 15.0 Å². The van der Waals surface area contributed by atoms with Crippen LogP contribution in [0, 0.1) is 0 Å². The van der Waals surface area contributed by atoms with Crippen molar-refractivity contribution in [2.75, 3.05) is 39.9 Å². The molecule has 2 atom stereocenters. The molecule has 2 saturated heterocycles. The van der Waals surface area contributed by atoms with Crippen molar-refractivity contribution in [2.45, 2.75) is 37.9 Å². The molecule has 0 aliphatic carbocycles. The number of likely N-dealkylation sites (N-methyl/N-ethyl adjacent to an activating group) is 1. The van der Waals surface area contributed by atoms with Gasteiger partial charge >= 0.3 is 6.55 Å². The Morgan fingerprint density at radius 2 is 2.00 bits per heavy atom. The predicted octanol–water partition coefficient (Wildman–Crippen LogP) is 0.720. The number of carbonyl (C=O) groups is 2. The molecule has 2 aliphatic rings. The minimum absolute atomic E-state index is 0.0324. The van der Waals surface area contributed by atoms with E-state index in [1.165, 1.54) is 6.07 Å². The molecule has 1 aromatic heterocycles. The first kappa shape index (κ1) is 19.7. The third-order valence-corrected chi connectivity index (χ3v) is 5.30. The molecule has 2 fully saturated rings. The van der Waals surface area contributed by atoms with Crippen LogP contribution in [0.1, 0.15) is 36.3 Å². The quantitative estimate of drug-likeness (QED) is 0.781. The molecular weight excluding hydrogens is 360 g/mol. The molecule has 3 heterocycles. The Labute approximate surface area is 156 Å². The smallest absolute Gasteiger partial charge is 0.333 e. The number of hydrogen-bond acceptors (Lipinski definition) is 5. The fourth-order valence-corrected chi connectivity index (χ4v) is 3.59. The van der Waals surface area contributed by atoms with Crippen molar-refractivity contribution in [1.82, 2.24) is 24.9 Å². The lowest BCUT2D eigenvalue weighted by Gasteiger charge is -2.30. The van der Waals surface area contributed by atoms with Crippen molar-refractivity contribution >= 4 is 11.8 Å². The molecule has 0 radical (unpaired) electrons. The first-order valence-electron chi connectivity index (χ1n) is 9.14. The van der Waals surface area contributed by atoms with E-state index in [1.807, 2.05) is 11.9 Å². The SMILES string of the molecule is CN1[C@@H](CC(=O)N2CCOCC2)CC[C@H]1CNC(=O)c1ccn(C(F)F)n1. The van der Waals surface area contributed by atoms with E-state index in [1.54, 1.807) is 0 Å². The summed E-state index contributed by atoms with van der Waals surface area (Å²) in [5.74, 6) is -0.340. The molecule has 0 unspecified atom stereocenters. The van der Waals surface area contributed by atoms with Gasteiger partial charge in [0.15, 0.2) is 0 Å². The molecule has 10 heteroatoms. The molecule has 27 heavy (non-hydrogen) atoms. The number of hydrogen-bond donors (Lipinski definition) is 1. The second-order valence-corrected chi connectivity index (χ2v) is 6.92. The first-order chi connectivity index (χ1) is 13.0. The zero-order valence-electron chi connectivity index (χ0n) is 15.3. The maximum atomic E-state index is 12.5. The average Bonchev–Trinajstić information content (AvgIpc) is 3.29. The fraction of sp³-hybridized carbons (Fsp3) is 0.706. The lowest BCUT2D eigenvalue weighted by molar-refractivity contribution is -0.136. The molecule has 150 valence electrons. The normalized spacial score (nSPS) is 23.8. The van der Waals surface area contributed by atoms with Gasteiger partial charge in [-0.1, -0.05) is 0 Å². The first-order valence-corrected chi connectivity index (χ1v) is 9.14. The van der Waals surface area contributed by atoms with Crippen LogP contribution in [0.5, 0.6) is 0 Å². The fourth-order valence-electron chi connectivity index (χ4n) is 3.59. The number of morpholine rings is 1. The van der Waals surface area contributed by atoms with E-state index in [0.29, 0.717) is 44.0 Å². The number of ether oxygens (including phenoxy) is 1. The predicted molar refractivity (Wildman–Crippen MR) is 92.4 cm³/mol. The molecular formula is C17H25F2N5O3. The van der Waals surface area contributed by atoms with Gasteiger partial charge in [0.2, 0.25) is 5.91 Å². The number of nitrogens with one attached hydrogen (secondary N) is 1. The molecule has 0 saturated carbocycles. The summed E-state index contributed by atoms with van der Waals surface area (Å²) in [6, 6.07) is 1.51. The molecule has 1 aromatic rings. The zero-order valence-corrected chi connectivity index (χ0v) is 15.3. The summed E-state index contributed by atoms with van der Waals surface area (Å²) in [4.78, 5) is 28.5. The number of amides is 2. The number of nitrogens with zero attached hydrogens (tertiary/aromatic N) is 4. The van der Waals surface area contributed by atoms with Crippen molar-refractivity contribution in [3.8, 4) is 0 Å². The van der Waals surface area contributed by atoms with Crippen LogP contribution in [-0.2, 0) is 9.53 Å². The van der Waals surface area contributed by atoms with Crippen LogP contribution in [0.3, 0.4) is 0 Å². The van der Waals surface area contributed by atoms with Crippen LogP contribution >= 0.6 is 0 Å². The van der Waals surface area contributed by atoms with Gasteiger partial charge in [-0.25, -0.2) is 4.68 Å². The molecule has 8 nitrogen and oxygen atoms in total. The third-order valence-electron chi connectivity index (χ3n) is 5.30. The minimum Gasteiger partial charge on any atom is -0.378 e. The van der Waals surface area contributed by atoms with Crippen LogP contribution in [0.2, 0.25) is 0 Å². The van der Waals surface area contributed by atoms with Crippen molar-refractivity contribution in [1.29, 1.82) is 0 Å². The Hall–Kier alpha value is -2.07. The third kappa shape index (κ3) is 4.81. The minimum atomic E-state index is -2.77. The highest BCUT2D eigenvalue weighted by molar-refractivity contribution is 5.92. The average molecular weight is 385 g/mol. The lowest BCUT2D eigenvalue weighted by Crippen LogP contribution is -2.45. The van der Waals surface area contributed by atoms with Gasteiger partial charge in [-0.15, -0.1) is 0 Å². The summed E-state index contributed by atoms with van der Waals surface area (Å²) in [6.07, 6.45) is 3.28. The largest absolute Gasteiger partial charge is 0.378 e. The zero-order chi connectivity index (χ0) is 19.4. The van der Waals surface area contributed by atoms with E-state index in [2.05, 4.69) is 15.3 Å². The Bertz CT molecular complexity index is 663. The van der Waals surface area contributed by atoms with Crippen LogP contribution in [-0.4, -0.2) is 83.4 Å². The standard InChI is InChI=1S/C17H25F2N5O3/c1-22-12(10-15(25)23-6-8-27-9-7-23)2-3-13(22)11-20-16(26)14-4-5-24(21-14)17(18)19/h4-5,12-13,17H,2-3,6-11H2,1H3,(H,20,26)/t12-,13+/m1/s1. The maximum Gasteiger partial charge on any atom is 0.333 e. The van der Waals surface area contributed by atoms with Crippen LogP contribution < -0.4 is 5.32 Å². The number of aromatic nitrogens is 2. The van der Waals surface area contributed by atoms with Gasteiger partial charge in [0.1, 0.15) is 5.69 Å². The molecule has 1 N–H and O–H groups in total. The number of alkyl halides is 2. The van der Waals surface area contributed by atoms with Crippen LogP contribution in [0.15, 0.2) is 12.3 Å². The molecule has 2 aliphatic heterocycles. The highest BCUT2D eigenvalue weighted by Gasteiger charge is 2.33. The summed E-state index contributed by atoms with van der Waals surface area (Å²) in [5.41, 5.74) is -0.0324. The van der Waals surface area contributed by atoms with Gasteiger partial charge in [0.05, 0.1) is 13.2 Å². The maximum absolute atomic E-state index is 12.5. The highest BCUT2D eigenvalue weighted by atomic mass is 19.3. The molecule has 2 amide bonds. The molecule has 0 aromatic carbocycles. The topological polar surface area (TPSA) is 79.7 Å². The van der Waals surface area contributed by atoms with Crippen LogP contribution in [0.4, 0.5) is 8.78 Å². The molecule has 0 spiro atoms. The lowest BCUT2D eigenvalue weighted by atomic mass is 10.1. The molecule has 3 rings (SSSR count).